The lowest BCUT2D eigenvalue weighted by Gasteiger charge is -2.12. The van der Waals surface area contributed by atoms with E-state index in [0.29, 0.717) is 16.5 Å². The Labute approximate surface area is 157 Å². The summed E-state index contributed by atoms with van der Waals surface area (Å²) < 4.78 is 1.24. The van der Waals surface area contributed by atoms with Gasteiger partial charge < -0.3 is 10.6 Å². The number of fused-ring (bicyclic) bond motifs is 1. The molecule has 1 aromatic heterocycles. The summed E-state index contributed by atoms with van der Waals surface area (Å²) in [5.74, 6) is 2.43. The van der Waals surface area contributed by atoms with E-state index in [2.05, 4.69) is 21.7 Å². The molecule has 0 spiro atoms. The molecule has 0 aliphatic carbocycles. The van der Waals surface area contributed by atoms with E-state index in [9.17, 15) is 9.59 Å². The zero-order valence-corrected chi connectivity index (χ0v) is 15.2. The van der Waals surface area contributed by atoms with E-state index in [0.717, 1.165) is 16.8 Å². The first-order valence-corrected chi connectivity index (χ1v) is 8.53. The highest BCUT2D eigenvalue weighted by atomic mass is 16.2. The fraction of sp³-hybridized carbons (Fsp3) is 0.190. The lowest BCUT2D eigenvalue weighted by Crippen LogP contribution is -2.31. The van der Waals surface area contributed by atoms with Crippen molar-refractivity contribution in [2.45, 2.75) is 26.9 Å². The van der Waals surface area contributed by atoms with Gasteiger partial charge in [0.2, 0.25) is 0 Å². The van der Waals surface area contributed by atoms with Crippen LogP contribution in [-0.4, -0.2) is 15.8 Å². The minimum Gasteiger partial charge on any atom is -0.332 e. The number of rotatable bonds is 4. The monoisotopic (exact) mass is 360 g/mol. The standard InChI is InChI=1S/C21H20N4O2/c1-4-9-25-20(26)18-8-6-5-7-17(18)19(24-25)13-22-21(27)23-16-11-14(2)10-15(3)12-16/h1,5-8,10-12H,9,13H2,2-3H3,(H2,22,23,27). The van der Waals surface area contributed by atoms with Crippen LogP contribution >= 0.6 is 0 Å². The second kappa shape index (κ2) is 7.75. The van der Waals surface area contributed by atoms with Gasteiger partial charge in [0.25, 0.3) is 5.56 Å². The maximum absolute atomic E-state index is 12.4. The predicted octanol–water partition coefficient (Wildman–Crippen LogP) is 2.97. The molecule has 0 radical (unpaired) electrons. The molecule has 0 unspecified atom stereocenters. The zero-order chi connectivity index (χ0) is 19.4. The highest BCUT2D eigenvalue weighted by Gasteiger charge is 2.11. The van der Waals surface area contributed by atoms with Crippen LogP contribution in [-0.2, 0) is 13.1 Å². The summed E-state index contributed by atoms with van der Waals surface area (Å²) in [6, 6.07) is 12.6. The number of hydrogen-bond donors (Lipinski definition) is 2. The van der Waals surface area contributed by atoms with E-state index in [1.165, 1.54) is 4.68 Å². The molecule has 2 aromatic carbocycles. The van der Waals surface area contributed by atoms with E-state index < -0.39 is 0 Å². The molecule has 3 rings (SSSR count). The second-order valence-corrected chi connectivity index (χ2v) is 6.34. The molecular weight excluding hydrogens is 340 g/mol. The molecule has 6 heteroatoms. The summed E-state index contributed by atoms with van der Waals surface area (Å²) in [4.78, 5) is 24.7. The lowest BCUT2D eigenvalue weighted by molar-refractivity contribution is 0.251. The number of terminal acetylenes is 1. The third-order valence-electron chi connectivity index (χ3n) is 4.08. The van der Waals surface area contributed by atoms with Crippen LogP contribution < -0.4 is 16.2 Å². The number of urea groups is 1. The largest absolute Gasteiger partial charge is 0.332 e. The van der Waals surface area contributed by atoms with Crippen LogP contribution in [0.3, 0.4) is 0 Å². The van der Waals surface area contributed by atoms with E-state index >= 15 is 0 Å². The second-order valence-electron chi connectivity index (χ2n) is 6.34. The fourth-order valence-electron chi connectivity index (χ4n) is 3.02. The summed E-state index contributed by atoms with van der Waals surface area (Å²) in [7, 11) is 0. The van der Waals surface area contributed by atoms with E-state index in [1.54, 1.807) is 12.1 Å². The molecular formula is C21H20N4O2. The number of carbonyl (C=O) groups is 1. The van der Waals surface area contributed by atoms with Crippen LogP contribution in [0.4, 0.5) is 10.5 Å². The van der Waals surface area contributed by atoms with Crippen LogP contribution in [0.25, 0.3) is 10.8 Å². The molecule has 6 nitrogen and oxygen atoms in total. The minimum atomic E-state index is -0.347. The van der Waals surface area contributed by atoms with Crippen LogP contribution in [0.5, 0.6) is 0 Å². The first kappa shape index (κ1) is 18.2. The molecule has 0 aliphatic rings. The Bertz CT molecular complexity index is 1090. The summed E-state index contributed by atoms with van der Waals surface area (Å²) in [6.45, 7) is 4.19. The Morgan fingerprint density at radius 1 is 1.15 bits per heavy atom. The van der Waals surface area contributed by atoms with Crippen molar-refractivity contribution in [3.8, 4) is 12.3 Å². The van der Waals surface area contributed by atoms with Gasteiger partial charge in [-0.3, -0.25) is 4.79 Å². The Balaban J connectivity index is 1.82. The third kappa shape index (κ3) is 4.15. The van der Waals surface area contributed by atoms with Gasteiger partial charge in [-0.15, -0.1) is 6.42 Å². The predicted molar refractivity (Wildman–Crippen MR) is 107 cm³/mol. The first-order chi connectivity index (χ1) is 13.0. The van der Waals surface area contributed by atoms with Crippen molar-refractivity contribution >= 4 is 22.5 Å². The third-order valence-corrected chi connectivity index (χ3v) is 4.08. The van der Waals surface area contributed by atoms with Gasteiger partial charge in [-0.25, -0.2) is 9.48 Å². The first-order valence-electron chi connectivity index (χ1n) is 8.53. The topological polar surface area (TPSA) is 76.0 Å². The van der Waals surface area contributed by atoms with Crippen molar-refractivity contribution < 1.29 is 4.79 Å². The van der Waals surface area contributed by atoms with Gasteiger partial charge in [0.15, 0.2) is 0 Å². The number of hydrogen-bond acceptors (Lipinski definition) is 3. The molecule has 0 fully saturated rings. The van der Waals surface area contributed by atoms with Crippen molar-refractivity contribution in [1.82, 2.24) is 15.1 Å². The van der Waals surface area contributed by atoms with Gasteiger partial charge in [0.05, 0.1) is 17.6 Å². The molecule has 2 amide bonds. The van der Waals surface area contributed by atoms with Crippen molar-refractivity contribution in [1.29, 1.82) is 0 Å². The van der Waals surface area contributed by atoms with Gasteiger partial charge in [-0.2, -0.15) is 5.10 Å². The number of benzene rings is 2. The smallest absolute Gasteiger partial charge is 0.319 e. The molecule has 3 aromatic rings. The molecule has 27 heavy (non-hydrogen) atoms. The van der Waals surface area contributed by atoms with E-state index in [-0.39, 0.29) is 24.7 Å². The van der Waals surface area contributed by atoms with E-state index in [1.807, 2.05) is 44.2 Å². The average molecular weight is 360 g/mol. The van der Waals surface area contributed by atoms with Gasteiger partial charge in [-0.05, 0) is 43.2 Å². The van der Waals surface area contributed by atoms with Crippen LogP contribution in [0.1, 0.15) is 16.8 Å². The van der Waals surface area contributed by atoms with Crippen LogP contribution in [0.15, 0.2) is 47.3 Å². The Kier molecular flexibility index (Phi) is 5.23. The van der Waals surface area contributed by atoms with Gasteiger partial charge >= 0.3 is 6.03 Å². The van der Waals surface area contributed by atoms with E-state index in [4.69, 9.17) is 6.42 Å². The molecule has 0 atom stereocenters. The number of aryl methyl sites for hydroxylation is 2. The highest BCUT2D eigenvalue weighted by Crippen LogP contribution is 2.15. The van der Waals surface area contributed by atoms with Gasteiger partial charge in [0.1, 0.15) is 6.54 Å². The molecule has 2 N–H and O–H groups in total. The van der Waals surface area contributed by atoms with Crippen LogP contribution in [0.2, 0.25) is 0 Å². The molecule has 0 saturated heterocycles. The number of nitrogens with one attached hydrogen (secondary N) is 2. The van der Waals surface area contributed by atoms with Crippen molar-refractivity contribution in [2.75, 3.05) is 5.32 Å². The average Bonchev–Trinajstić information content (AvgIpc) is 2.62. The van der Waals surface area contributed by atoms with Crippen molar-refractivity contribution in [2.24, 2.45) is 0 Å². The summed E-state index contributed by atoms with van der Waals surface area (Å²) in [5.41, 5.74) is 3.20. The lowest BCUT2D eigenvalue weighted by atomic mass is 10.1. The minimum absolute atomic E-state index is 0.0748. The highest BCUT2D eigenvalue weighted by molar-refractivity contribution is 5.90. The Morgan fingerprint density at radius 2 is 1.81 bits per heavy atom. The molecule has 0 saturated carbocycles. The van der Waals surface area contributed by atoms with Gasteiger partial charge in [0, 0.05) is 11.1 Å². The number of amides is 2. The summed E-state index contributed by atoms with van der Waals surface area (Å²) >= 11 is 0. The summed E-state index contributed by atoms with van der Waals surface area (Å²) in [6.07, 6.45) is 5.33. The molecule has 1 heterocycles. The number of aromatic nitrogens is 2. The van der Waals surface area contributed by atoms with Gasteiger partial charge in [-0.1, -0.05) is 30.2 Å². The number of carbonyl (C=O) groups excluding carboxylic acids is 1. The van der Waals surface area contributed by atoms with Crippen LogP contribution in [0, 0.1) is 26.2 Å². The zero-order valence-electron chi connectivity index (χ0n) is 15.2. The quantitative estimate of drug-likeness (QED) is 0.703. The maximum atomic E-state index is 12.4. The molecule has 0 bridgehead atoms. The Morgan fingerprint density at radius 3 is 2.48 bits per heavy atom. The maximum Gasteiger partial charge on any atom is 0.319 e. The summed E-state index contributed by atoms with van der Waals surface area (Å²) in [5, 5.41) is 11.1. The molecule has 0 aliphatic heterocycles. The fourth-order valence-corrected chi connectivity index (χ4v) is 3.02. The Hall–Kier alpha value is -3.59. The number of anilines is 1. The van der Waals surface area contributed by atoms with Crippen molar-refractivity contribution in [3.05, 3.63) is 69.6 Å². The van der Waals surface area contributed by atoms with Crippen molar-refractivity contribution in [3.63, 3.8) is 0 Å². The normalized spacial score (nSPS) is 10.4. The molecule has 136 valence electrons. The number of nitrogens with zero attached hydrogens (tertiary/aromatic N) is 2. The SMILES string of the molecule is C#CCn1nc(CNC(=O)Nc2cc(C)cc(C)c2)c2ccccc2c1=O.